The highest BCUT2D eigenvalue weighted by Crippen LogP contribution is 2.26. The van der Waals surface area contributed by atoms with E-state index in [2.05, 4.69) is 5.32 Å². The standard InChI is InChI=1S/C10H11F3N2O3/c1-5(16)4-14-8(17)6-2-3-7(10(11,12)13)15-9(6)18/h2-3,5,16H,4H2,1H3,(H,14,17)(H,15,18). The van der Waals surface area contributed by atoms with Crippen LogP contribution in [-0.4, -0.2) is 28.6 Å². The lowest BCUT2D eigenvalue weighted by Crippen LogP contribution is -2.34. The molecule has 0 fully saturated rings. The summed E-state index contributed by atoms with van der Waals surface area (Å²) in [6.07, 6.45) is -5.49. The quantitative estimate of drug-likeness (QED) is 0.743. The van der Waals surface area contributed by atoms with Gasteiger partial charge in [0.05, 0.1) is 6.10 Å². The Balaban J connectivity index is 2.93. The fraction of sp³-hybridized carbons (Fsp3) is 0.400. The van der Waals surface area contributed by atoms with Crippen LogP contribution in [0.5, 0.6) is 0 Å². The third kappa shape index (κ3) is 3.59. The summed E-state index contributed by atoms with van der Waals surface area (Å²) in [4.78, 5) is 24.3. The first-order chi connectivity index (χ1) is 8.21. The second-order valence-corrected chi connectivity index (χ2v) is 3.67. The van der Waals surface area contributed by atoms with Gasteiger partial charge in [0.25, 0.3) is 11.5 Å². The van der Waals surface area contributed by atoms with Crippen molar-refractivity contribution in [3.63, 3.8) is 0 Å². The van der Waals surface area contributed by atoms with Crippen molar-refractivity contribution < 1.29 is 23.1 Å². The van der Waals surface area contributed by atoms with Gasteiger partial charge in [0.1, 0.15) is 11.3 Å². The smallest absolute Gasteiger partial charge is 0.392 e. The Morgan fingerprint density at radius 2 is 2.11 bits per heavy atom. The number of carbonyl (C=O) groups is 1. The first kappa shape index (κ1) is 14.2. The normalized spacial score (nSPS) is 13.2. The SMILES string of the molecule is CC(O)CNC(=O)c1ccc(C(F)(F)F)[nH]c1=O. The number of aliphatic hydroxyl groups excluding tert-OH is 1. The molecule has 3 N–H and O–H groups in total. The van der Waals surface area contributed by atoms with E-state index in [1.165, 1.54) is 6.92 Å². The number of rotatable bonds is 3. The molecule has 0 saturated heterocycles. The second kappa shape index (κ2) is 5.21. The van der Waals surface area contributed by atoms with Gasteiger partial charge >= 0.3 is 6.18 Å². The predicted octanol–water partition coefficient (Wildman–Crippen LogP) is 0.504. The number of amides is 1. The number of aromatic nitrogens is 1. The monoisotopic (exact) mass is 264 g/mol. The number of pyridine rings is 1. The Morgan fingerprint density at radius 1 is 1.50 bits per heavy atom. The zero-order valence-corrected chi connectivity index (χ0v) is 9.34. The van der Waals surface area contributed by atoms with Crippen LogP contribution in [0.3, 0.4) is 0 Å². The molecule has 5 nitrogen and oxygen atoms in total. The highest BCUT2D eigenvalue weighted by atomic mass is 19.4. The van der Waals surface area contributed by atoms with E-state index in [0.29, 0.717) is 6.07 Å². The minimum atomic E-state index is -4.67. The maximum absolute atomic E-state index is 12.3. The number of H-pyrrole nitrogens is 1. The molecule has 1 amide bonds. The molecule has 0 spiro atoms. The Bertz CT molecular complexity index is 494. The molecule has 1 aromatic rings. The van der Waals surface area contributed by atoms with Crippen molar-refractivity contribution >= 4 is 5.91 Å². The number of carbonyl (C=O) groups excluding carboxylic acids is 1. The van der Waals surface area contributed by atoms with Crippen LogP contribution in [0.1, 0.15) is 23.0 Å². The van der Waals surface area contributed by atoms with E-state index in [1.807, 2.05) is 0 Å². The van der Waals surface area contributed by atoms with Crippen molar-refractivity contribution in [2.75, 3.05) is 6.54 Å². The zero-order chi connectivity index (χ0) is 13.9. The molecule has 0 aromatic carbocycles. The van der Waals surface area contributed by atoms with Gasteiger partial charge in [-0.25, -0.2) is 0 Å². The molecular weight excluding hydrogens is 253 g/mol. The Kier molecular flexibility index (Phi) is 4.12. The lowest BCUT2D eigenvalue weighted by molar-refractivity contribution is -0.141. The number of aromatic amines is 1. The van der Waals surface area contributed by atoms with Gasteiger partial charge in [0, 0.05) is 6.54 Å². The molecule has 100 valence electrons. The van der Waals surface area contributed by atoms with Crippen LogP contribution in [-0.2, 0) is 6.18 Å². The van der Waals surface area contributed by atoms with Crippen molar-refractivity contribution in [3.05, 3.63) is 33.7 Å². The zero-order valence-electron chi connectivity index (χ0n) is 9.34. The van der Waals surface area contributed by atoms with E-state index < -0.39 is 35.0 Å². The minimum Gasteiger partial charge on any atom is -0.392 e. The summed E-state index contributed by atoms with van der Waals surface area (Å²) in [5.74, 6) is -0.842. The number of aliphatic hydroxyl groups is 1. The highest BCUT2D eigenvalue weighted by molar-refractivity contribution is 5.93. The van der Waals surface area contributed by atoms with Crippen molar-refractivity contribution in [2.45, 2.75) is 19.2 Å². The molecular formula is C10H11F3N2O3. The molecule has 1 unspecified atom stereocenters. The van der Waals surface area contributed by atoms with Gasteiger partial charge in [-0.2, -0.15) is 13.2 Å². The van der Waals surface area contributed by atoms with Gasteiger partial charge in [-0.1, -0.05) is 0 Å². The van der Waals surface area contributed by atoms with Crippen LogP contribution in [0.2, 0.25) is 0 Å². The number of halogens is 3. The first-order valence-electron chi connectivity index (χ1n) is 4.98. The van der Waals surface area contributed by atoms with E-state index in [4.69, 9.17) is 5.11 Å². The molecule has 0 bridgehead atoms. The molecule has 0 aliphatic heterocycles. The molecule has 0 radical (unpaired) electrons. The van der Waals surface area contributed by atoms with E-state index in [1.54, 1.807) is 4.98 Å². The summed E-state index contributed by atoms with van der Waals surface area (Å²) in [7, 11) is 0. The summed E-state index contributed by atoms with van der Waals surface area (Å²) in [5.41, 5.74) is -2.80. The molecule has 0 aliphatic rings. The lowest BCUT2D eigenvalue weighted by atomic mass is 10.2. The molecule has 1 rings (SSSR count). The molecule has 0 saturated carbocycles. The third-order valence-electron chi connectivity index (χ3n) is 2.02. The average molecular weight is 264 g/mol. The maximum atomic E-state index is 12.3. The largest absolute Gasteiger partial charge is 0.431 e. The van der Waals surface area contributed by atoms with Gasteiger partial charge in [-0.15, -0.1) is 0 Å². The maximum Gasteiger partial charge on any atom is 0.431 e. The van der Waals surface area contributed by atoms with E-state index in [0.717, 1.165) is 6.07 Å². The Morgan fingerprint density at radius 3 is 2.56 bits per heavy atom. The fourth-order valence-corrected chi connectivity index (χ4v) is 1.15. The van der Waals surface area contributed by atoms with Crippen molar-refractivity contribution in [2.24, 2.45) is 0 Å². The minimum absolute atomic E-state index is 0.0979. The molecule has 1 atom stereocenters. The Labute approximate surface area is 99.6 Å². The summed E-state index contributed by atoms with van der Waals surface area (Å²) < 4.78 is 36.8. The van der Waals surface area contributed by atoms with Gasteiger partial charge in [-0.05, 0) is 19.1 Å². The topological polar surface area (TPSA) is 82.2 Å². The van der Waals surface area contributed by atoms with E-state index in [9.17, 15) is 22.8 Å². The first-order valence-corrected chi connectivity index (χ1v) is 4.98. The summed E-state index contributed by atoms with van der Waals surface area (Å²) in [5, 5.41) is 11.1. The summed E-state index contributed by atoms with van der Waals surface area (Å²) in [6, 6.07) is 1.40. The number of nitrogens with one attached hydrogen (secondary N) is 2. The number of hydrogen-bond donors (Lipinski definition) is 3. The molecule has 1 heterocycles. The summed E-state index contributed by atoms with van der Waals surface area (Å²) >= 11 is 0. The molecule has 8 heteroatoms. The average Bonchev–Trinajstić information content (AvgIpc) is 2.24. The van der Waals surface area contributed by atoms with Crippen molar-refractivity contribution in [1.29, 1.82) is 0 Å². The van der Waals surface area contributed by atoms with Crippen LogP contribution in [0.4, 0.5) is 13.2 Å². The van der Waals surface area contributed by atoms with E-state index >= 15 is 0 Å². The van der Waals surface area contributed by atoms with Gasteiger partial charge in [-0.3, -0.25) is 9.59 Å². The molecule has 1 aromatic heterocycles. The number of alkyl halides is 3. The van der Waals surface area contributed by atoms with Crippen molar-refractivity contribution in [1.82, 2.24) is 10.3 Å². The fourth-order valence-electron chi connectivity index (χ4n) is 1.15. The van der Waals surface area contributed by atoms with Crippen LogP contribution < -0.4 is 10.9 Å². The van der Waals surface area contributed by atoms with Crippen LogP contribution in [0, 0.1) is 0 Å². The van der Waals surface area contributed by atoms with Crippen LogP contribution in [0.25, 0.3) is 0 Å². The molecule has 18 heavy (non-hydrogen) atoms. The van der Waals surface area contributed by atoms with Crippen LogP contribution >= 0.6 is 0 Å². The second-order valence-electron chi connectivity index (χ2n) is 3.67. The lowest BCUT2D eigenvalue weighted by Gasteiger charge is -2.08. The third-order valence-corrected chi connectivity index (χ3v) is 2.02. The number of hydrogen-bond acceptors (Lipinski definition) is 3. The van der Waals surface area contributed by atoms with Gasteiger partial charge in [0.2, 0.25) is 0 Å². The van der Waals surface area contributed by atoms with Gasteiger partial charge < -0.3 is 15.4 Å². The van der Waals surface area contributed by atoms with Crippen LogP contribution in [0.15, 0.2) is 16.9 Å². The Hall–Kier alpha value is -1.83. The highest BCUT2D eigenvalue weighted by Gasteiger charge is 2.32. The predicted molar refractivity (Wildman–Crippen MR) is 56.1 cm³/mol. The van der Waals surface area contributed by atoms with Crippen molar-refractivity contribution in [3.8, 4) is 0 Å². The summed E-state index contributed by atoms with van der Waals surface area (Å²) in [6.45, 7) is 1.32. The van der Waals surface area contributed by atoms with E-state index in [-0.39, 0.29) is 6.54 Å². The van der Waals surface area contributed by atoms with Gasteiger partial charge in [0.15, 0.2) is 0 Å². The molecule has 0 aliphatic carbocycles.